The zero-order valence-corrected chi connectivity index (χ0v) is 15.1. The molecule has 2 N–H and O–H groups in total. The van der Waals surface area contributed by atoms with E-state index in [0.717, 1.165) is 43.1 Å². The minimum absolute atomic E-state index is 0.0409. The average molecular weight is 355 g/mol. The summed E-state index contributed by atoms with van der Waals surface area (Å²) in [6.45, 7) is 3.43. The molecule has 0 unspecified atom stereocenters. The Bertz CT molecular complexity index is 719. The van der Waals surface area contributed by atoms with Gasteiger partial charge in [-0.15, -0.1) is 0 Å². The lowest BCUT2D eigenvalue weighted by Crippen LogP contribution is -2.47. The number of carbonyl (C=O) groups excluding carboxylic acids is 2. The number of hydrogen-bond acceptors (Lipinski definition) is 4. The second-order valence-electron chi connectivity index (χ2n) is 6.68. The standard InChI is InChI=1S/C19H25N5O2/c1-23-8-10-24(11-9-23)19(26)12-15-2-4-16(5-3-15)22-18(25)7-6-17-13-20-14-21-17/h2-5,13-14H,6-12H2,1H3,(H,20,21)(H,22,25). The molecule has 0 aliphatic carbocycles. The first-order chi connectivity index (χ1) is 12.6. The van der Waals surface area contributed by atoms with E-state index in [2.05, 4.69) is 27.2 Å². The fraction of sp³-hybridized carbons (Fsp3) is 0.421. The first kappa shape index (κ1) is 18.1. The summed E-state index contributed by atoms with van der Waals surface area (Å²) in [4.78, 5) is 35.4. The maximum atomic E-state index is 12.4. The van der Waals surface area contributed by atoms with E-state index in [-0.39, 0.29) is 11.8 Å². The number of hydrogen-bond donors (Lipinski definition) is 2. The van der Waals surface area contributed by atoms with Gasteiger partial charge in [0.25, 0.3) is 0 Å². The molecule has 0 saturated carbocycles. The van der Waals surface area contributed by atoms with Crippen molar-refractivity contribution < 1.29 is 9.59 Å². The van der Waals surface area contributed by atoms with E-state index in [1.807, 2.05) is 29.2 Å². The van der Waals surface area contributed by atoms with Crippen LogP contribution in [0.25, 0.3) is 0 Å². The summed E-state index contributed by atoms with van der Waals surface area (Å²) in [5.41, 5.74) is 2.65. The molecule has 0 radical (unpaired) electrons. The number of H-pyrrole nitrogens is 1. The maximum absolute atomic E-state index is 12.4. The number of amides is 2. The number of nitrogens with zero attached hydrogens (tertiary/aromatic N) is 3. The van der Waals surface area contributed by atoms with Crippen LogP contribution in [0, 0.1) is 0 Å². The van der Waals surface area contributed by atoms with Crippen molar-refractivity contribution in [1.82, 2.24) is 19.8 Å². The molecule has 2 aromatic rings. The smallest absolute Gasteiger partial charge is 0.227 e. The van der Waals surface area contributed by atoms with Crippen molar-refractivity contribution in [3.8, 4) is 0 Å². The fourth-order valence-electron chi connectivity index (χ4n) is 2.94. The number of aromatic amines is 1. The Morgan fingerprint density at radius 3 is 2.54 bits per heavy atom. The first-order valence-corrected chi connectivity index (χ1v) is 8.92. The highest BCUT2D eigenvalue weighted by molar-refractivity contribution is 5.90. The average Bonchev–Trinajstić information content (AvgIpc) is 3.16. The Hall–Kier alpha value is -2.67. The van der Waals surface area contributed by atoms with Crippen molar-refractivity contribution in [2.75, 3.05) is 38.5 Å². The van der Waals surface area contributed by atoms with Crippen molar-refractivity contribution >= 4 is 17.5 Å². The Labute approximate surface area is 153 Å². The van der Waals surface area contributed by atoms with Crippen LogP contribution in [0.4, 0.5) is 5.69 Å². The minimum Gasteiger partial charge on any atom is -0.348 e. The Balaban J connectivity index is 1.45. The summed E-state index contributed by atoms with van der Waals surface area (Å²) in [6.07, 6.45) is 4.75. The normalized spacial score (nSPS) is 15.0. The SMILES string of the molecule is CN1CCN(C(=O)Cc2ccc(NC(=O)CCc3cnc[nH]3)cc2)CC1. The van der Waals surface area contributed by atoms with Crippen molar-refractivity contribution in [2.45, 2.75) is 19.3 Å². The molecule has 2 heterocycles. The lowest BCUT2D eigenvalue weighted by atomic mass is 10.1. The van der Waals surface area contributed by atoms with Crippen LogP contribution in [0.15, 0.2) is 36.8 Å². The number of anilines is 1. The molecule has 1 aliphatic rings. The Kier molecular flexibility index (Phi) is 6.01. The third kappa shape index (κ3) is 5.16. The largest absolute Gasteiger partial charge is 0.348 e. The van der Waals surface area contributed by atoms with Gasteiger partial charge in [0.05, 0.1) is 12.7 Å². The maximum Gasteiger partial charge on any atom is 0.227 e. The van der Waals surface area contributed by atoms with Gasteiger partial charge in [-0.3, -0.25) is 9.59 Å². The molecule has 26 heavy (non-hydrogen) atoms. The predicted molar refractivity (Wildman–Crippen MR) is 99.8 cm³/mol. The Morgan fingerprint density at radius 1 is 1.15 bits per heavy atom. The molecule has 0 bridgehead atoms. The number of nitrogens with one attached hydrogen (secondary N) is 2. The summed E-state index contributed by atoms with van der Waals surface area (Å²) >= 11 is 0. The summed E-state index contributed by atoms with van der Waals surface area (Å²) in [7, 11) is 2.07. The van der Waals surface area contributed by atoms with Crippen molar-refractivity contribution in [3.63, 3.8) is 0 Å². The van der Waals surface area contributed by atoms with Crippen LogP contribution in [0.3, 0.4) is 0 Å². The van der Waals surface area contributed by atoms with E-state index in [4.69, 9.17) is 0 Å². The number of imidazole rings is 1. The number of benzene rings is 1. The zero-order valence-electron chi connectivity index (χ0n) is 15.1. The van der Waals surface area contributed by atoms with E-state index in [9.17, 15) is 9.59 Å². The van der Waals surface area contributed by atoms with Crippen molar-refractivity contribution in [3.05, 3.63) is 48.0 Å². The van der Waals surface area contributed by atoms with Crippen molar-refractivity contribution in [2.24, 2.45) is 0 Å². The molecular weight excluding hydrogens is 330 g/mol. The van der Waals surface area contributed by atoms with E-state index >= 15 is 0 Å². The van der Waals surface area contributed by atoms with Crippen LogP contribution >= 0.6 is 0 Å². The zero-order chi connectivity index (χ0) is 18.4. The van der Waals surface area contributed by atoms with Gasteiger partial charge in [0.1, 0.15) is 0 Å². The number of aromatic nitrogens is 2. The monoisotopic (exact) mass is 355 g/mol. The molecule has 1 aromatic heterocycles. The molecular formula is C19H25N5O2. The van der Waals surface area contributed by atoms with Gasteiger partial charge < -0.3 is 20.1 Å². The van der Waals surface area contributed by atoms with Gasteiger partial charge in [-0.1, -0.05) is 12.1 Å². The molecule has 1 aromatic carbocycles. The third-order valence-corrected chi connectivity index (χ3v) is 4.63. The molecule has 1 saturated heterocycles. The molecule has 0 atom stereocenters. The molecule has 3 rings (SSSR count). The molecule has 1 fully saturated rings. The van der Waals surface area contributed by atoms with Gasteiger partial charge in [-0.25, -0.2) is 4.98 Å². The van der Waals surface area contributed by atoms with Crippen LogP contribution in [-0.2, 0) is 22.4 Å². The highest BCUT2D eigenvalue weighted by Gasteiger charge is 2.19. The summed E-state index contributed by atoms with van der Waals surface area (Å²) in [5, 5.41) is 2.88. The van der Waals surface area contributed by atoms with Crippen LogP contribution in [-0.4, -0.2) is 64.8 Å². The predicted octanol–water partition coefficient (Wildman–Crippen LogP) is 1.30. The lowest BCUT2D eigenvalue weighted by molar-refractivity contribution is -0.132. The van der Waals surface area contributed by atoms with Gasteiger partial charge in [-0.2, -0.15) is 0 Å². The topological polar surface area (TPSA) is 81.3 Å². The number of carbonyl (C=O) groups is 2. The van der Waals surface area contributed by atoms with Gasteiger partial charge in [0.15, 0.2) is 0 Å². The highest BCUT2D eigenvalue weighted by Crippen LogP contribution is 2.12. The van der Waals surface area contributed by atoms with Crippen molar-refractivity contribution in [1.29, 1.82) is 0 Å². The number of likely N-dealkylation sites (N-methyl/N-ethyl adjacent to an activating group) is 1. The number of aryl methyl sites for hydroxylation is 1. The molecule has 1 aliphatic heterocycles. The highest BCUT2D eigenvalue weighted by atomic mass is 16.2. The second kappa shape index (κ2) is 8.62. The van der Waals surface area contributed by atoms with E-state index < -0.39 is 0 Å². The molecule has 0 spiro atoms. The van der Waals surface area contributed by atoms with E-state index in [1.165, 1.54) is 0 Å². The van der Waals surface area contributed by atoms with Crippen LogP contribution < -0.4 is 5.32 Å². The molecule has 2 amide bonds. The van der Waals surface area contributed by atoms with Crippen LogP contribution in [0.2, 0.25) is 0 Å². The van der Waals surface area contributed by atoms with Gasteiger partial charge >= 0.3 is 0 Å². The van der Waals surface area contributed by atoms with Gasteiger partial charge in [0.2, 0.25) is 11.8 Å². The van der Waals surface area contributed by atoms with Crippen LogP contribution in [0.5, 0.6) is 0 Å². The number of rotatable bonds is 6. The molecule has 138 valence electrons. The summed E-state index contributed by atoms with van der Waals surface area (Å²) in [6, 6.07) is 7.50. The fourth-order valence-corrected chi connectivity index (χ4v) is 2.94. The quantitative estimate of drug-likeness (QED) is 0.818. The summed E-state index contributed by atoms with van der Waals surface area (Å²) < 4.78 is 0. The first-order valence-electron chi connectivity index (χ1n) is 8.92. The van der Waals surface area contributed by atoms with Gasteiger partial charge in [0, 0.05) is 50.2 Å². The second-order valence-corrected chi connectivity index (χ2v) is 6.68. The summed E-state index contributed by atoms with van der Waals surface area (Å²) in [5.74, 6) is 0.121. The number of piperazine rings is 1. The minimum atomic E-state index is -0.0409. The lowest BCUT2D eigenvalue weighted by Gasteiger charge is -2.32. The third-order valence-electron chi connectivity index (χ3n) is 4.63. The Morgan fingerprint density at radius 2 is 1.88 bits per heavy atom. The van der Waals surface area contributed by atoms with Gasteiger partial charge in [-0.05, 0) is 31.2 Å². The van der Waals surface area contributed by atoms with E-state index in [1.54, 1.807) is 12.5 Å². The molecule has 7 heteroatoms. The van der Waals surface area contributed by atoms with Crippen LogP contribution in [0.1, 0.15) is 17.7 Å². The van der Waals surface area contributed by atoms with E-state index in [0.29, 0.717) is 19.3 Å². The molecule has 7 nitrogen and oxygen atoms in total.